The first-order valence-corrected chi connectivity index (χ1v) is 14.3. The molecule has 0 bridgehead atoms. The summed E-state index contributed by atoms with van der Waals surface area (Å²) in [5, 5.41) is 15.5. The zero-order chi connectivity index (χ0) is 29.0. The summed E-state index contributed by atoms with van der Waals surface area (Å²) in [6, 6.07) is 28.3. The summed E-state index contributed by atoms with van der Waals surface area (Å²) in [4.78, 5) is 23.9. The molecule has 0 atom stereocenters. The van der Waals surface area contributed by atoms with E-state index in [-0.39, 0.29) is 5.91 Å². The lowest BCUT2D eigenvalue weighted by Crippen LogP contribution is -2.36. The normalized spacial score (nSPS) is 13.6. The topological polar surface area (TPSA) is 97.2 Å². The van der Waals surface area contributed by atoms with Gasteiger partial charge in [0, 0.05) is 24.2 Å². The Hall–Kier alpha value is -5.30. The van der Waals surface area contributed by atoms with E-state index in [2.05, 4.69) is 73.7 Å². The summed E-state index contributed by atoms with van der Waals surface area (Å²) < 4.78 is 7.35. The number of morpholine rings is 1. The van der Waals surface area contributed by atoms with Gasteiger partial charge in [-0.2, -0.15) is 5.10 Å². The molecule has 2 aromatic heterocycles. The molecule has 1 aliphatic heterocycles. The van der Waals surface area contributed by atoms with Crippen LogP contribution < -0.4 is 10.6 Å². The van der Waals surface area contributed by atoms with Gasteiger partial charge in [0.2, 0.25) is 0 Å². The molecule has 0 radical (unpaired) electrons. The number of nitrogens with one attached hydrogen (secondary N) is 2. The second-order valence-electron chi connectivity index (χ2n) is 10.4. The molecule has 9 nitrogen and oxygen atoms in total. The van der Waals surface area contributed by atoms with E-state index < -0.39 is 0 Å². The van der Waals surface area contributed by atoms with E-state index in [1.807, 2.05) is 53.2 Å². The Bertz CT molecular complexity index is 2000. The Labute approximate surface area is 248 Å². The van der Waals surface area contributed by atoms with Crippen molar-refractivity contribution in [3.05, 3.63) is 96.8 Å². The van der Waals surface area contributed by atoms with Gasteiger partial charge in [-0.1, -0.05) is 66.6 Å². The first kappa shape index (κ1) is 26.6. The van der Waals surface area contributed by atoms with Crippen molar-refractivity contribution in [2.75, 3.05) is 43.5 Å². The number of ether oxygens (including phenoxy) is 1. The number of aromatic nitrogens is 4. The lowest BCUT2D eigenvalue weighted by atomic mass is 10.1. The highest BCUT2D eigenvalue weighted by atomic mass is 16.5. The van der Waals surface area contributed by atoms with Crippen LogP contribution in [0.15, 0.2) is 91.3 Å². The Kier molecular flexibility index (Phi) is 7.36. The predicted molar refractivity (Wildman–Crippen MR) is 169 cm³/mol. The van der Waals surface area contributed by atoms with E-state index in [1.165, 1.54) is 6.33 Å². The zero-order valence-corrected chi connectivity index (χ0v) is 23.5. The molecule has 9 heteroatoms. The average molecular weight is 568 g/mol. The quantitative estimate of drug-likeness (QED) is 0.267. The minimum Gasteiger partial charge on any atom is -0.379 e. The first-order valence-electron chi connectivity index (χ1n) is 14.3. The van der Waals surface area contributed by atoms with Gasteiger partial charge in [-0.05, 0) is 46.5 Å². The third-order valence-electron chi connectivity index (χ3n) is 7.54. The van der Waals surface area contributed by atoms with Crippen LogP contribution in [0.3, 0.4) is 0 Å². The highest BCUT2D eigenvalue weighted by molar-refractivity contribution is 6.13. The van der Waals surface area contributed by atoms with E-state index in [4.69, 9.17) is 9.84 Å². The maximum absolute atomic E-state index is 12.6. The number of rotatable bonds is 6. The van der Waals surface area contributed by atoms with Crippen molar-refractivity contribution < 1.29 is 9.53 Å². The minimum absolute atomic E-state index is 0.364. The van der Waals surface area contributed by atoms with Crippen molar-refractivity contribution in [3.8, 4) is 11.8 Å². The van der Waals surface area contributed by atoms with Gasteiger partial charge in [0.15, 0.2) is 0 Å². The molecule has 6 aromatic rings. The number of amides is 1. The molecule has 1 fully saturated rings. The van der Waals surface area contributed by atoms with E-state index in [0.29, 0.717) is 37.8 Å². The lowest BCUT2D eigenvalue weighted by molar-refractivity contribution is -0.111. The van der Waals surface area contributed by atoms with Crippen LogP contribution in [-0.2, 0) is 16.1 Å². The van der Waals surface area contributed by atoms with Gasteiger partial charge in [-0.3, -0.25) is 9.69 Å². The number of carbonyl (C=O) groups is 1. The van der Waals surface area contributed by atoms with Gasteiger partial charge in [-0.15, -0.1) is 0 Å². The van der Waals surface area contributed by atoms with Gasteiger partial charge < -0.3 is 15.4 Å². The molecular weight excluding hydrogens is 538 g/mol. The first-order chi connectivity index (χ1) is 21.2. The Balaban J connectivity index is 1.23. The highest BCUT2D eigenvalue weighted by Gasteiger charge is 2.17. The number of nitrogens with zero attached hydrogens (tertiary/aromatic N) is 5. The molecule has 0 unspecified atom stereocenters. The van der Waals surface area contributed by atoms with Crippen molar-refractivity contribution in [3.63, 3.8) is 0 Å². The molecule has 7 rings (SSSR count). The van der Waals surface area contributed by atoms with Crippen molar-refractivity contribution in [1.82, 2.24) is 24.6 Å². The Morgan fingerprint density at radius 3 is 2.58 bits per heavy atom. The van der Waals surface area contributed by atoms with Gasteiger partial charge in [0.1, 0.15) is 18.0 Å². The van der Waals surface area contributed by atoms with Crippen LogP contribution >= 0.6 is 0 Å². The van der Waals surface area contributed by atoms with Crippen molar-refractivity contribution >= 4 is 55.8 Å². The highest BCUT2D eigenvalue weighted by Crippen LogP contribution is 2.35. The van der Waals surface area contributed by atoms with Crippen molar-refractivity contribution in [2.45, 2.75) is 6.54 Å². The molecule has 1 amide bonds. The van der Waals surface area contributed by atoms with Crippen LogP contribution in [0.2, 0.25) is 0 Å². The molecule has 43 heavy (non-hydrogen) atoms. The number of anilines is 3. The van der Waals surface area contributed by atoms with Crippen molar-refractivity contribution in [2.24, 2.45) is 0 Å². The zero-order valence-electron chi connectivity index (χ0n) is 23.5. The average Bonchev–Trinajstić information content (AvgIpc) is 3.39. The number of hydrogen-bond donors (Lipinski definition) is 2. The third-order valence-corrected chi connectivity index (χ3v) is 7.54. The summed E-state index contributed by atoms with van der Waals surface area (Å²) >= 11 is 0. The van der Waals surface area contributed by atoms with E-state index in [1.54, 1.807) is 0 Å². The molecule has 2 N–H and O–H groups in total. The Morgan fingerprint density at radius 1 is 0.884 bits per heavy atom. The third kappa shape index (κ3) is 5.75. The molecule has 1 aliphatic rings. The van der Waals surface area contributed by atoms with E-state index in [0.717, 1.165) is 57.0 Å². The van der Waals surface area contributed by atoms with Gasteiger partial charge in [0.05, 0.1) is 42.7 Å². The molecule has 1 saturated heterocycles. The van der Waals surface area contributed by atoms with Crippen LogP contribution in [-0.4, -0.2) is 63.4 Å². The Morgan fingerprint density at radius 2 is 1.70 bits per heavy atom. The van der Waals surface area contributed by atoms with Crippen LogP contribution in [0.5, 0.6) is 0 Å². The molecular formula is C34H29N7O2. The SMILES string of the molecule is O=C(C#CCN1CCOCC1)Nc1ccc2ncnc(Nc3c4c(ccc5ccccc54)nn3Cc3ccccc3)c2c1. The second kappa shape index (κ2) is 11.9. The summed E-state index contributed by atoms with van der Waals surface area (Å²) in [6.45, 7) is 4.17. The largest absolute Gasteiger partial charge is 0.379 e. The number of hydrogen-bond acceptors (Lipinski definition) is 7. The smallest absolute Gasteiger partial charge is 0.300 e. The number of fused-ring (bicyclic) bond motifs is 4. The molecule has 0 spiro atoms. The maximum atomic E-state index is 12.6. The monoisotopic (exact) mass is 567 g/mol. The fourth-order valence-corrected chi connectivity index (χ4v) is 5.40. The second-order valence-corrected chi connectivity index (χ2v) is 10.4. The molecule has 0 saturated carbocycles. The lowest BCUT2D eigenvalue weighted by Gasteiger charge is -2.24. The van der Waals surface area contributed by atoms with E-state index >= 15 is 0 Å². The van der Waals surface area contributed by atoms with Gasteiger partial charge in [0.25, 0.3) is 5.91 Å². The number of carbonyl (C=O) groups excluding carboxylic acids is 1. The molecule has 3 heterocycles. The molecule has 0 aliphatic carbocycles. The van der Waals surface area contributed by atoms with Gasteiger partial charge in [-0.25, -0.2) is 14.6 Å². The summed E-state index contributed by atoms with van der Waals surface area (Å²) in [5.41, 5.74) is 3.38. The minimum atomic E-state index is -0.364. The van der Waals surface area contributed by atoms with Gasteiger partial charge >= 0.3 is 0 Å². The summed E-state index contributed by atoms with van der Waals surface area (Å²) in [6.07, 6.45) is 1.54. The standard InChI is InChI=1S/C34H29N7O2/c42-31(11-6-16-40-17-19-43-20-18-40)37-26-13-15-29-28(21-26)33(36-23-35-29)38-34-32-27-10-5-4-9-25(27)12-14-30(32)39-41(34)22-24-7-2-1-3-8-24/h1-5,7-10,12-15,21,23H,16-20,22H2,(H,37,42)(H,35,36,38). The summed E-state index contributed by atoms with van der Waals surface area (Å²) in [5.74, 6) is 6.76. The van der Waals surface area contributed by atoms with E-state index in [9.17, 15) is 4.79 Å². The summed E-state index contributed by atoms with van der Waals surface area (Å²) in [7, 11) is 0. The predicted octanol–water partition coefficient (Wildman–Crippen LogP) is 5.20. The molecule has 4 aromatic carbocycles. The fraction of sp³-hybridized carbons (Fsp3) is 0.176. The number of benzene rings is 4. The van der Waals surface area contributed by atoms with Crippen LogP contribution in [0.4, 0.5) is 17.3 Å². The maximum Gasteiger partial charge on any atom is 0.300 e. The van der Waals surface area contributed by atoms with Crippen LogP contribution in [0.25, 0.3) is 32.6 Å². The van der Waals surface area contributed by atoms with Crippen LogP contribution in [0, 0.1) is 11.8 Å². The molecule has 212 valence electrons. The fourth-order valence-electron chi connectivity index (χ4n) is 5.40. The van der Waals surface area contributed by atoms with Crippen molar-refractivity contribution in [1.29, 1.82) is 0 Å². The van der Waals surface area contributed by atoms with Crippen LogP contribution in [0.1, 0.15) is 5.56 Å².